The van der Waals surface area contributed by atoms with Gasteiger partial charge in [-0.2, -0.15) is 0 Å². The standard InChI is InChI=1S/C22H28N6O5/c1-26(2)20-8-5-17(25-22(30)24-16-3-6-18(7-4-16)28(31)32)15-19(20)21(29)23-9-10-27-11-13-33-14-12-27/h3-8,15H,9-14H2,1-2H3,(H,23,29)(H2,24,25,30). The number of hydrogen-bond donors (Lipinski definition) is 3. The molecule has 1 saturated heterocycles. The summed E-state index contributed by atoms with van der Waals surface area (Å²) in [5.41, 5.74) is 1.95. The number of non-ortho nitro benzene ring substituents is 1. The maximum atomic E-state index is 12.9. The lowest BCUT2D eigenvalue weighted by Gasteiger charge is -2.26. The van der Waals surface area contributed by atoms with Crippen molar-refractivity contribution in [2.45, 2.75) is 0 Å². The van der Waals surface area contributed by atoms with Crippen LogP contribution in [0, 0.1) is 10.1 Å². The van der Waals surface area contributed by atoms with Gasteiger partial charge in [-0.15, -0.1) is 0 Å². The predicted octanol–water partition coefficient (Wildman–Crippen LogP) is 2.37. The van der Waals surface area contributed by atoms with Gasteiger partial charge in [-0.25, -0.2) is 4.79 Å². The molecule has 2 aromatic carbocycles. The molecule has 1 aliphatic rings. The summed E-state index contributed by atoms with van der Waals surface area (Å²) in [5, 5.41) is 19.0. The maximum Gasteiger partial charge on any atom is 0.323 e. The third-order valence-electron chi connectivity index (χ3n) is 5.13. The smallest absolute Gasteiger partial charge is 0.323 e. The lowest BCUT2D eigenvalue weighted by molar-refractivity contribution is -0.384. The molecule has 11 nitrogen and oxygen atoms in total. The highest BCUT2D eigenvalue weighted by Crippen LogP contribution is 2.23. The van der Waals surface area contributed by atoms with Crippen LogP contribution < -0.4 is 20.9 Å². The maximum absolute atomic E-state index is 12.9. The van der Waals surface area contributed by atoms with Crippen molar-refractivity contribution < 1.29 is 19.2 Å². The molecule has 0 aliphatic carbocycles. The van der Waals surface area contributed by atoms with Crippen LogP contribution in [0.25, 0.3) is 0 Å². The molecule has 0 atom stereocenters. The Morgan fingerprint density at radius 2 is 1.70 bits per heavy atom. The van der Waals surface area contributed by atoms with Crippen molar-refractivity contribution in [1.29, 1.82) is 0 Å². The van der Waals surface area contributed by atoms with Gasteiger partial charge in [0.15, 0.2) is 0 Å². The van der Waals surface area contributed by atoms with Gasteiger partial charge in [0.2, 0.25) is 0 Å². The Kier molecular flexibility index (Phi) is 8.17. The number of nitro benzene ring substituents is 1. The van der Waals surface area contributed by atoms with Crippen LogP contribution >= 0.6 is 0 Å². The van der Waals surface area contributed by atoms with Gasteiger partial charge in [0.25, 0.3) is 11.6 Å². The van der Waals surface area contributed by atoms with Crippen molar-refractivity contribution >= 4 is 34.7 Å². The first-order valence-corrected chi connectivity index (χ1v) is 10.6. The molecule has 3 amide bonds. The Bertz CT molecular complexity index is 989. The molecule has 0 unspecified atom stereocenters. The van der Waals surface area contributed by atoms with E-state index in [4.69, 9.17) is 4.74 Å². The van der Waals surface area contributed by atoms with Gasteiger partial charge in [-0.1, -0.05) is 0 Å². The van der Waals surface area contributed by atoms with Gasteiger partial charge in [-0.3, -0.25) is 19.8 Å². The minimum Gasteiger partial charge on any atom is -0.379 e. The van der Waals surface area contributed by atoms with Crippen molar-refractivity contribution in [2.75, 3.05) is 69.0 Å². The van der Waals surface area contributed by atoms with Crippen molar-refractivity contribution in [2.24, 2.45) is 0 Å². The van der Waals surface area contributed by atoms with E-state index in [0.717, 1.165) is 25.3 Å². The minimum atomic E-state index is -0.528. The first kappa shape index (κ1) is 24.0. The summed E-state index contributed by atoms with van der Waals surface area (Å²) in [6.45, 7) is 4.35. The quantitative estimate of drug-likeness (QED) is 0.411. The first-order valence-electron chi connectivity index (χ1n) is 10.6. The number of morpholine rings is 1. The molecule has 3 N–H and O–H groups in total. The summed E-state index contributed by atoms with van der Waals surface area (Å²) < 4.78 is 5.33. The van der Waals surface area contributed by atoms with Gasteiger partial charge >= 0.3 is 6.03 Å². The Morgan fingerprint density at radius 3 is 2.33 bits per heavy atom. The molecule has 176 valence electrons. The molecule has 0 aromatic heterocycles. The highest BCUT2D eigenvalue weighted by Gasteiger charge is 2.16. The van der Waals surface area contributed by atoms with Crippen molar-refractivity contribution in [3.63, 3.8) is 0 Å². The highest BCUT2D eigenvalue weighted by molar-refractivity contribution is 6.04. The van der Waals surface area contributed by atoms with Crippen LogP contribution in [0.15, 0.2) is 42.5 Å². The molecule has 0 bridgehead atoms. The Morgan fingerprint density at radius 1 is 1.06 bits per heavy atom. The van der Waals surface area contributed by atoms with E-state index in [-0.39, 0.29) is 11.6 Å². The van der Waals surface area contributed by atoms with Crippen molar-refractivity contribution in [3.05, 3.63) is 58.1 Å². The van der Waals surface area contributed by atoms with Gasteiger partial charge in [-0.05, 0) is 30.3 Å². The van der Waals surface area contributed by atoms with E-state index in [9.17, 15) is 19.7 Å². The largest absolute Gasteiger partial charge is 0.379 e. The topological polar surface area (TPSA) is 129 Å². The van der Waals surface area contributed by atoms with Crippen LogP contribution in [0.3, 0.4) is 0 Å². The lowest BCUT2D eigenvalue weighted by Crippen LogP contribution is -2.41. The summed E-state index contributed by atoms with van der Waals surface area (Å²) in [6.07, 6.45) is 0. The zero-order chi connectivity index (χ0) is 23.8. The van der Waals surface area contributed by atoms with Gasteiger partial charge < -0.3 is 25.6 Å². The number of nitrogens with zero attached hydrogens (tertiary/aromatic N) is 3. The predicted molar refractivity (Wildman–Crippen MR) is 126 cm³/mol. The zero-order valence-electron chi connectivity index (χ0n) is 18.7. The van der Waals surface area contributed by atoms with E-state index in [1.54, 1.807) is 18.2 Å². The number of nitrogens with one attached hydrogen (secondary N) is 3. The van der Waals surface area contributed by atoms with Crippen LogP contribution in [0.4, 0.5) is 27.5 Å². The second-order valence-electron chi connectivity index (χ2n) is 7.72. The normalized spacial score (nSPS) is 13.8. The van der Waals surface area contributed by atoms with E-state index in [1.165, 1.54) is 24.3 Å². The van der Waals surface area contributed by atoms with Crippen LogP contribution in [0.2, 0.25) is 0 Å². The molecule has 1 aliphatic heterocycles. The summed E-state index contributed by atoms with van der Waals surface area (Å²) in [4.78, 5) is 39.5. The van der Waals surface area contributed by atoms with Gasteiger partial charge in [0, 0.05) is 69.5 Å². The van der Waals surface area contributed by atoms with Crippen LogP contribution in [0.5, 0.6) is 0 Å². The highest BCUT2D eigenvalue weighted by atomic mass is 16.6. The number of hydrogen-bond acceptors (Lipinski definition) is 7. The summed E-state index contributed by atoms with van der Waals surface area (Å²) in [6, 6.07) is 10.1. The fourth-order valence-electron chi connectivity index (χ4n) is 3.39. The fraction of sp³-hybridized carbons (Fsp3) is 0.364. The van der Waals surface area contributed by atoms with E-state index in [0.29, 0.717) is 36.7 Å². The van der Waals surface area contributed by atoms with E-state index < -0.39 is 11.0 Å². The average Bonchev–Trinajstić information content (AvgIpc) is 2.79. The number of amides is 3. The number of anilines is 3. The third-order valence-corrected chi connectivity index (χ3v) is 5.13. The second kappa shape index (κ2) is 11.2. The minimum absolute atomic E-state index is 0.0653. The Labute approximate surface area is 191 Å². The molecular formula is C22H28N6O5. The van der Waals surface area contributed by atoms with Crippen molar-refractivity contribution in [3.8, 4) is 0 Å². The molecule has 3 rings (SSSR count). The lowest BCUT2D eigenvalue weighted by atomic mass is 10.1. The summed E-state index contributed by atoms with van der Waals surface area (Å²) in [7, 11) is 3.68. The average molecular weight is 457 g/mol. The molecule has 1 heterocycles. The molecule has 0 spiro atoms. The van der Waals surface area contributed by atoms with Crippen LogP contribution in [-0.4, -0.2) is 75.2 Å². The number of nitro groups is 1. The molecule has 0 radical (unpaired) electrons. The first-order chi connectivity index (χ1) is 15.8. The zero-order valence-corrected chi connectivity index (χ0v) is 18.7. The van der Waals surface area contributed by atoms with E-state index >= 15 is 0 Å². The number of carbonyl (C=O) groups is 2. The number of ether oxygens (including phenoxy) is 1. The van der Waals surface area contributed by atoms with Gasteiger partial charge in [0.05, 0.1) is 23.7 Å². The number of carbonyl (C=O) groups excluding carboxylic acids is 2. The summed E-state index contributed by atoms with van der Waals surface area (Å²) >= 11 is 0. The van der Waals surface area contributed by atoms with E-state index in [2.05, 4.69) is 20.9 Å². The van der Waals surface area contributed by atoms with Gasteiger partial charge in [0.1, 0.15) is 0 Å². The van der Waals surface area contributed by atoms with E-state index in [1.807, 2.05) is 19.0 Å². The molecule has 33 heavy (non-hydrogen) atoms. The Hall–Kier alpha value is -3.70. The molecule has 2 aromatic rings. The SMILES string of the molecule is CN(C)c1ccc(NC(=O)Nc2ccc([N+](=O)[O-])cc2)cc1C(=O)NCCN1CCOCC1. The number of benzene rings is 2. The van der Waals surface area contributed by atoms with Crippen molar-refractivity contribution in [1.82, 2.24) is 10.2 Å². The molecular weight excluding hydrogens is 428 g/mol. The Balaban J connectivity index is 1.62. The molecule has 1 fully saturated rings. The number of rotatable bonds is 8. The molecule has 0 saturated carbocycles. The van der Waals surface area contributed by atoms with Crippen LogP contribution in [0.1, 0.15) is 10.4 Å². The second-order valence-corrected chi connectivity index (χ2v) is 7.72. The van der Waals surface area contributed by atoms with Crippen LogP contribution in [-0.2, 0) is 4.74 Å². The third kappa shape index (κ3) is 6.89. The number of urea groups is 1. The monoisotopic (exact) mass is 456 g/mol. The fourth-order valence-corrected chi connectivity index (χ4v) is 3.39. The summed E-state index contributed by atoms with van der Waals surface area (Å²) in [5.74, 6) is -0.230. The molecule has 11 heteroatoms.